The van der Waals surface area contributed by atoms with E-state index in [0.29, 0.717) is 6.61 Å². The van der Waals surface area contributed by atoms with Crippen molar-refractivity contribution in [3.05, 3.63) is 0 Å². The molecule has 20 heavy (non-hydrogen) atoms. The SMILES string of the molecule is CCC1OCCC1C(=O)N1CCN(C(C)(C)C#N)CC1. The average Bonchev–Trinajstić information content (AvgIpc) is 2.95. The van der Waals surface area contributed by atoms with E-state index in [1.807, 2.05) is 18.7 Å². The van der Waals surface area contributed by atoms with Crippen LogP contribution in [-0.2, 0) is 9.53 Å². The van der Waals surface area contributed by atoms with E-state index in [4.69, 9.17) is 4.74 Å². The van der Waals surface area contributed by atoms with Crippen LogP contribution in [0.25, 0.3) is 0 Å². The van der Waals surface area contributed by atoms with Crippen LogP contribution in [0.1, 0.15) is 33.6 Å². The Hall–Kier alpha value is -1.12. The molecule has 5 heteroatoms. The zero-order chi connectivity index (χ0) is 14.8. The molecule has 2 heterocycles. The number of nitriles is 1. The van der Waals surface area contributed by atoms with Crippen molar-refractivity contribution in [1.82, 2.24) is 9.80 Å². The van der Waals surface area contributed by atoms with Gasteiger partial charge in [-0.1, -0.05) is 6.92 Å². The lowest BCUT2D eigenvalue weighted by molar-refractivity contribution is -0.139. The van der Waals surface area contributed by atoms with Crippen LogP contribution in [0.2, 0.25) is 0 Å². The number of carbonyl (C=O) groups is 1. The maximum absolute atomic E-state index is 12.6. The summed E-state index contributed by atoms with van der Waals surface area (Å²) in [4.78, 5) is 16.7. The van der Waals surface area contributed by atoms with Crippen molar-refractivity contribution in [3.8, 4) is 6.07 Å². The maximum Gasteiger partial charge on any atom is 0.228 e. The fourth-order valence-corrected chi connectivity index (χ4v) is 3.12. The smallest absolute Gasteiger partial charge is 0.228 e. The van der Waals surface area contributed by atoms with Crippen molar-refractivity contribution in [2.45, 2.75) is 45.3 Å². The summed E-state index contributed by atoms with van der Waals surface area (Å²) in [5.74, 6) is 0.277. The molecule has 2 atom stereocenters. The molecule has 5 nitrogen and oxygen atoms in total. The molecule has 2 aliphatic rings. The van der Waals surface area contributed by atoms with Gasteiger partial charge in [0.2, 0.25) is 5.91 Å². The van der Waals surface area contributed by atoms with Crippen LogP contribution >= 0.6 is 0 Å². The zero-order valence-electron chi connectivity index (χ0n) is 12.8. The van der Waals surface area contributed by atoms with E-state index >= 15 is 0 Å². The molecule has 0 N–H and O–H groups in total. The summed E-state index contributed by atoms with van der Waals surface area (Å²) in [6, 6.07) is 2.33. The van der Waals surface area contributed by atoms with E-state index in [0.717, 1.165) is 39.0 Å². The highest BCUT2D eigenvalue weighted by Crippen LogP contribution is 2.26. The molecule has 0 bridgehead atoms. The Bertz CT molecular complexity index is 394. The normalized spacial score (nSPS) is 28.4. The topological polar surface area (TPSA) is 56.6 Å². The van der Waals surface area contributed by atoms with Gasteiger partial charge in [0.15, 0.2) is 0 Å². The Morgan fingerprint density at radius 3 is 2.55 bits per heavy atom. The molecule has 2 unspecified atom stereocenters. The predicted octanol–water partition coefficient (Wildman–Crippen LogP) is 1.25. The van der Waals surface area contributed by atoms with E-state index in [9.17, 15) is 10.1 Å². The van der Waals surface area contributed by atoms with Gasteiger partial charge in [-0.3, -0.25) is 9.69 Å². The molecule has 112 valence electrons. The molecule has 0 radical (unpaired) electrons. The first-order chi connectivity index (χ1) is 9.49. The van der Waals surface area contributed by atoms with Crippen molar-refractivity contribution in [2.24, 2.45) is 5.92 Å². The van der Waals surface area contributed by atoms with Gasteiger partial charge in [-0.2, -0.15) is 5.26 Å². The third-order valence-corrected chi connectivity index (χ3v) is 4.58. The van der Waals surface area contributed by atoms with Gasteiger partial charge < -0.3 is 9.64 Å². The predicted molar refractivity (Wildman–Crippen MR) is 76.0 cm³/mol. The quantitative estimate of drug-likeness (QED) is 0.780. The first kappa shape index (κ1) is 15.3. The van der Waals surface area contributed by atoms with E-state index in [-0.39, 0.29) is 17.9 Å². The molecule has 1 amide bonds. The van der Waals surface area contributed by atoms with Crippen molar-refractivity contribution >= 4 is 5.91 Å². The Morgan fingerprint density at radius 1 is 1.35 bits per heavy atom. The summed E-state index contributed by atoms with van der Waals surface area (Å²) in [6.07, 6.45) is 1.84. The van der Waals surface area contributed by atoms with Crippen molar-refractivity contribution < 1.29 is 9.53 Å². The summed E-state index contributed by atoms with van der Waals surface area (Å²) in [5, 5.41) is 9.17. The Kier molecular flexibility index (Phi) is 4.66. The number of carbonyl (C=O) groups excluding carboxylic acids is 1. The number of rotatable bonds is 3. The van der Waals surface area contributed by atoms with E-state index < -0.39 is 5.54 Å². The molecule has 2 rings (SSSR count). The number of amides is 1. The number of hydrogen-bond acceptors (Lipinski definition) is 4. The van der Waals surface area contributed by atoms with Gasteiger partial charge in [-0.25, -0.2) is 0 Å². The molecule has 2 fully saturated rings. The van der Waals surface area contributed by atoms with Gasteiger partial charge in [0, 0.05) is 32.8 Å². The van der Waals surface area contributed by atoms with Crippen LogP contribution < -0.4 is 0 Å². The monoisotopic (exact) mass is 279 g/mol. The fraction of sp³-hybridized carbons (Fsp3) is 0.867. The van der Waals surface area contributed by atoms with Crippen molar-refractivity contribution in [3.63, 3.8) is 0 Å². The van der Waals surface area contributed by atoms with Gasteiger partial charge >= 0.3 is 0 Å². The molecular formula is C15H25N3O2. The Balaban J connectivity index is 1.91. The molecule has 2 aliphatic heterocycles. The summed E-state index contributed by atoms with van der Waals surface area (Å²) in [5.41, 5.74) is -0.447. The lowest BCUT2D eigenvalue weighted by atomic mass is 9.97. The summed E-state index contributed by atoms with van der Waals surface area (Å²) >= 11 is 0. The van der Waals surface area contributed by atoms with E-state index in [2.05, 4.69) is 17.9 Å². The van der Waals surface area contributed by atoms with Crippen molar-refractivity contribution in [1.29, 1.82) is 5.26 Å². The highest BCUT2D eigenvalue weighted by atomic mass is 16.5. The van der Waals surface area contributed by atoms with Crippen LogP contribution in [-0.4, -0.2) is 60.1 Å². The Morgan fingerprint density at radius 2 is 2.00 bits per heavy atom. The van der Waals surface area contributed by atoms with Gasteiger partial charge in [0.1, 0.15) is 5.54 Å². The lowest BCUT2D eigenvalue weighted by Gasteiger charge is -2.41. The van der Waals surface area contributed by atoms with Gasteiger partial charge in [-0.05, 0) is 26.7 Å². The molecule has 0 aliphatic carbocycles. The molecule has 0 aromatic heterocycles. The molecule has 0 aromatic rings. The van der Waals surface area contributed by atoms with Gasteiger partial charge in [0.25, 0.3) is 0 Å². The summed E-state index contributed by atoms with van der Waals surface area (Å²) < 4.78 is 5.62. The zero-order valence-corrected chi connectivity index (χ0v) is 12.8. The molecule has 0 saturated carbocycles. The number of ether oxygens (including phenoxy) is 1. The van der Waals surface area contributed by atoms with Crippen LogP contribution in [0.15, 0.2) is 0 Å². The first-order valence-electron chi connectivity index (χ1n) is 7.56. The third-order valence-electron chi connectivity index (χ3n) is 4.58. The fourth-order valence-electron chi connectivity index (χ4n) is 3.12. The second-order valence-electron chi connectivity index (χ2n) is 6.20. The molecule has 0 aromatic carbocycles. The second-order valence-corrected chi connectivity index (χ2v) is 6.20. The van der Waals surface area contributed by atoms with Crippen LogP contribution in [0.5, 0.6) is 0 Å². The number of nitrogens with zero attached hydrogens (tertiary/aromatic N) is 3. The van der Waals surface area contributed by atoms with Crippen LogP contribution in [0, 0.1) is 17.2 Å². The molecular weight excluding hydrogens is 254 g/mol. The second kappa shape index (κ2) is 6.11. The Labute approximate surface area is 121 Å². The largest absolute Gasteiger partial charge is 0.377 e. The number of piperazine rings is 1. The summed E-state index contributed by atoms with van der Waals surface area (Å²) in [6.45, 7) is 9.63. The highest BCUT2D eigenvalue weighted by Gasteiger charge is 2.38. The highest BCUT2D eigenvalue weighted by molar-refractivity contribution is 5.79. The molecule has 0 spiro atoms. The first-order valence-corrected chi connectivity index (χ1v) is 7.56. The standard InChI is InChI=1S/C15H25N3O2/c1-4-13-12(5-10-20-13)14(19)17-6-8-18(9-7-17)15(2,3)11-16/h12-13H,4-10H2,1-3H3. The minimum absolute atomic E-state index is 0.0375. The van der Waals surface area contributed by atoms with E-state index in [1.165, 1.54) is 0 Å². The van der Waals surface area contributed by atoms with Crippen LogP contribution in [0.4, 0.5) is 0 Å². The molecule has 2 saturated heterocycles. The third kappa shape index (κ3) is 2.97. The van der Waals surface area contributed by atoms with Gasteiger partial charge in [0.05, 0.1) is 18.1 Å². The lowest BCUT2D eigenvalue weighted by Crippen LogP contribution is -2.56. The average molecular weight is 279 g/mol. The van der Waals surface area contributed by atoms with Crippen LogP contribution in [0.3, 0.4) is 0 Å². The summed E-state index contributed by atoms with van der Waals surface area (Å²) in [7, 11) is 0. The van der Waals surface area contributed by atoms with Gasteiger partial charge in [-0.15, -0.1) is 0 Å². The minimum Gasteiger partial charge on any atom is -0.377 e. The van der Waals surface area contributed by atoms with E-state index in [1.54, 1.807) is 0 Å². The number of hydrogen-bond donors (Lipinski definition) is 0. The minimum atomic E-state index is -0.447. The maximum atomic E-state index is 12.6. The van der Waals surface area contributed by atoms with Crippen molar-refractivity contribution in [2.75, 3.05) is 32.8 Å².